The SMILES string of the molecule is COc1ccc(OCc2nnc(SCC(=O)N[C@H](C)c3ccccc3)n2C)cc1. The molecule has 1 amide bonds. The van der Waals surface area contributed by atoms with Crippen molar-refractivity contribution in [3.63, 3.8) is 0 Å². The van der Waals surface area contributed by atoms with Gasteiger partial charge in [0.2, 0.25) is 5.91 Å². The average molecular weight is 413 g/mol. The molecule has 1 atom stereocenters. The Balaban J connectivity index is 1.49. The number of benzene rings is 2. The van der Waals surface area contributed by atoms with Gasteiger partial charge in [0.1, 0.15) is 18.1 Å². The van der Waals surface area contributed by atoms with E-state index < -0.39 is 0 Å². The number of nitrogens with zero attached hydrogens (tertiary/aromatic N) is 3. The van der Waals surface area contributed by atoms with Crippen LogP contribution in [0.4, 0.5) is 0 Å². The summed E-state index contributed by atoms with van der Waals surface area (Å²) in [5, 5.41) is 12.0. The second-order valence-electron chi connectivity index (χ2n) is 6.41. The molecule has 3 aromatic rings. The van der Waals surface area contributed by atoms with Gasteiger partial charge < -0.3 is 19.4 Å². The zero-order chi connectivity index (χ0) is 20.6. The molecule has 7 nitrogen and oxygen atoms in total. The molecule has 0 saturated carbocycles. The normalized spacial score (nSPS) is 11.7. The highest BCUT2D eigenvalue weighted by molar-refractivity contribution is 7.99. The lowest BCUT2D eigenvalue weighted by molar-refractivity contribution is -0.119. The Labute approximate surface area is 174 Å². The first kappa shape index (κ1) is 20.7. The van der Waals surface area contributed by atoms with Gasteiger partial charge >= 0.3 is 0 Å². The van der Waals surface area contributed by atoms with E-state index >= 15 is 0 Å². The number of ether oxygens (including phenoxy) is 2. The van der Waals surface area contributed by atoms with E-state index in [2.05, 4.69) is 15.5 Å². The maximum atomic E-state index is 12.3. The number of carbonyl (C=O) groups is 1. The van der Waals surface area contributed by atoms with Crippen molar-refractivity contribution in [1.29, 1.82) is 0 Å². The van der Waals surface area contributed by atoms with E-state index in [9.17, 15) is 4.79 Å². The molecule has 0 unspecified atom stereocenters. The molecular formula is C21H24N4O3S. The van der Waals surface area contributed by atoms with Crippen LogP contribution in [0.2, 0.25) is 0 Å². The van der Waals surface area contributed by atoms with Crippen LogP contribution in [0.3, 0.4) is 0 Å². The summed E-state index contributed by atoms with van der Waals surface area (Å²) in [7, 11) is 3.48. The molecule has 0 spiro atoms. The minimum absolute atomic E-state index is 0.0442. The van der Waals surface area contributed by atoms with Gasteiger partial charge in [-0.05, 0) is 36.8 Å². The van der Waals surface area contributed by atoms with Gasteiger partial charge in [-0.3, -0.25) is 4.79 Å². The van der Waals surface area contributed by atoms with Crippen LogP contribution in [0.1, 0.15) is 24.4 Å². The van der Waals surface area contributed by atoms with Crippen LogP contribution < -0.4 is 14.8 Å². The molecule has 1 N–H and O–H groups in total. The molecule has 0 saturated heterocycles. The molecule has 3 rings (SSSR count). The minimum Gasteiger partial charge on any atom is -0.497 e. The average Bonchev–Trinajstić information content (AvgIpc) is 3.11. The van der Waals surface area contributed by atoms with E-state index in [1.807, 2.05) is 73.1 Å². The smallest absolute Gasteiger partial charge is 0.230 e. The Morgan fingerprint density at radius 3 is 2.48 bits per heavy atom. The maximum absolute atomic E-state index is 12.3. The largest absolute Gasteiger partial charge is 0.497 e. The van der Waals surface area contributed by atoms with Gasteiger partial charge in [-0.25, -0.2) is 0 Å². The standard InChI is InChI=1S/C21H24N4O3S/c1-15(16-7-5-4-6-8-16)22-20(26)14-29-21-24-23-19(25(21)2)13-28-18-11-9-17(27-3)10-12-18/h4-12,15H,13-14H2,1-3H3,(H,22,26)/t15-/m1/s1. The van der Waals surface area contributed by atoms with Crippen LogP contribution in [-0.4, -0.2) is 33.5 Å². The lowest BCUT2D eigenvalue weighted by Crippen LogP contribution is -2.28. The minimum atomic E-state index is -0.0506. The molecule has 0 radical (unpaired) electrons. The zero-order valence-corrected chi connectivity index (χ0v) is 17.5. The molecular weight excluding hydrogens is 388 g/mol. The molecule has 0 bridgehead atoms. The number of rotatable bonds is 9. The third-order valence-electron chi connectivity index (χ3n) is 4.36. The molecule has 0 fully saturated rings. The van der Waals surface area contributed by atoms with E-state index in [1.54, 1.807) is 7.11 Å². The molecule has 8 heteroatoms. The summed E-state index contributed by atoms with van der Waals surface area (Å²) in [6.07, 6.45) is 0. The fourth-order valence-corrected chi connectivity index (χ4v) is 3.40. The number of thioether (sulfide) groups is 1. The van der Waals surface area contributed by atoms with E-state index in [4.69, 9.17) is 9.47 Å². The summed E-state index contributed by atoms with van der Waals surface area (Å²) in [5.74, 6) is 2.39. The highest BCUT2D eigenvalue weighted by Crippen LogP contribution is 2.20. The van der Waals surface area contributed by atoms with E-state index in [0.29, 0.717) is 11.0 Å². The fourth-order valence-electron chi connectivity index (χ4n) is 2.65. The van der Waals surface area contributed by atoms with Crippen LogP contribution >= 0.6 is 11.8 Å². The van der Waals surface area contributed by atoms with Crippen LogP contribution in [0.15, 0.2) is 59.8 Å². The van der Waals surface area contributed by atoms with Gasteiger partial charge in [0.15, 0.2) is 11.0 Å². The summed E-state index contributed by atoms with van der Waals surface area (Å²) < 4.78 is 12.7. The Bertz CT molecular complexity index is 929. The molecule has 0 aliphatic carbocycles. The summed E-state index contributed by atoms with van der Waals surface area (Å²) in [6.45, 7) is 2.25. The summed E-state index contributed by atoms with van der Waals surface area (Å²) in [5.41, 5.74) is 1.07. The highest BCUT2D eigenvalue weighted by Gasteiger charge is 2.14. The molecule has 0 aliphatic heterocycles. The number of methoxy groups -OCH3 is 1. The summed E-state index contributed by atoms with van der Waals surface area (Å²) in [6, 6.07) is 17.2. The fraction of sp³-hybridized carbons (Fsp3) is 0.286. The van der Waals surface area contributed by atoms with E-state index in [1.165, 1.54) is 11.8 Å². The van der Waals surface area contributed by atoms with Crippen LogP contribution in [0.5, 0.6) is 11.5 Å². The lowest BCUT2D eigenvalue weighted by atomic mass is 10.1. The van der Waals surface area contributed by atoms with Crippen molar-refractivity contribution < 1.29 is 14.3 Å². The molecule has 152 valence electrons. The second-order valence-corrected chi connectivity index (χ2v) is 7.35. The van der Waals surface area contributed by atoms with Crippen molar-refractivity contribution in [2.75, 3.05) is 12.9 Å². The predicted octanol–water partition coefficient (Wildman–Crippen LogP) is 3.37. The Morgan fingerprint density at radius 1 is 1.10 bits per heavy atom. The number of amides is 1. The quantitative estimate of drug-likeness (QED) is 0.543. The molecule has 2 aromatic carbocycles. The van der Waals surface area contributed by atoms with Gasteiger partial charge in [0.25, 0.3) is 0 Å². The van der Waals surface area contributed by atoms with Gasteiger partial charge in [-0.1, -0.05) is 42.1 Å². The third-order valence-corrected chi connectivity index (χ3v) is 5.38. The van der Waals surface area contributed by atoms with Gasteiger partial charge in [0.05, 0.1) is 18.9 Å². The second kappa shape index (κ2) is 9.97. The Morgan fingerprint density at radius 2 is 1.79 bits per heavy atom. The van der Waals surface area contributed by atoms with E-state index in [0.717, 1.165) is 17.1 Å². The lowest BCUT2D eigenvalue weighted by Gasteiger charge is -2.14. The number of carbonyl (C=O) groups excluding carboxylic acids is 1. The zero-order valence-electron chi connectivity index (χ0n) is 16.7. The summed E-state index contributed by atoms with van der Waals surface area (Å²) >= 11 is 1.34. The topological polar surface area (TPSA) is 78.3 Å². The van der Waals surface area contributed by atoms with Crippen LogP contribution in [0, 0.1) is 0 Å². The van der Waals surface area contributed by atoms with E-state index in [-0.39, 0.29) is 24.3 Å². The number of nitrogens with one attached hydrogen (secondary N) is 1. The van der Waals surface area contributed by atoms with Crippen LogP contribution in [0.25, 0.3) is 0 Å². The third kappa shape index (κ3) is 5.74. The monoisotopic (exact) mass is 412 g/mol. The Hall–Kier alpha value is -3.00. The van der Waals surface area contributed by atoms with Crippen molar-refractivity contribution in [3.05, 3.63) is 66.0 Å². The van der Waals surface area contributed by atoms with Crippen molar-refractivity contribution >= 4 is 17.7 Å². The van der Waals surface area contributed by atoms with Crippen molar-refractivity contribution in [2.24, 2.45) is 7.05 Å². The number of hydrogen-bond donors (Lipinski definition) is 1. The predicted molar refractivity (Wildman–Crippen MR) is 112 cm³/mol. The van der Waals surface area contributed by atoms with Crippen molar-refractivity contribution in [2.45, 2.75) is 24.7 Å². The maximum Gasteiger partial charge on any atom is 0.230 e. The van der Waals surface area contributed by atoms with Gasteiger partial charge in [-0.2, -0.15) is 0 Å². The first-order chi connectivity index (χ1) is 14.1. The molecule has 29 heavy (non-hydrogen) atoms. The van der Waals surface area contributed by atoms with Gasteiger partial charge in [0, 0.05) is 7.05 Å². The summed E-state index contributed by atoms with van der Waals surface area (Å²) in [4.78, 5) is 12.3. The Kier molecular flexibility index (Phi) is 7.13. The first-order valence-corrected chi connectivity index (χ1v) is 10.2. The molecule has 1 aromatic heterocycles. The molecule has 1 heterocycles. The number of hydrogen-bond acceptors (Lipinski definition) is 6. The highest BCUT2D eigenvalue weighted by atomic mass is 32.2. The van der Waals surface area contributed by atoms with Crippen molar-refractivity contribution in [3.8, 4) is 11.5 Å². The van der Waals surface area contributed by atoms with Crippen molar-refractivity contribution in [1.82, 2.24) is 20.1 Å². The number of aromatic nitrogens is 3. The van der Waals surface area contributed by atoms with Gasteiger partial charge in [-0.15, -0.1) is 10.2 Å². The first-order valence-electron chi connectivity index (χ1n) is 9.19. The van der Waals surface area contributed by atoms with Crippen LogP contribution in [-0.2, 0) is 18.4 Å². The molecule has 0 aliphatic rings.